The molecule has 27 heavy (non-hydrogen) atoms. The van der Waals surface area contributed by atoms with E-state index in [1.807, 2.05) is 63.3 Å². The Morgan fingerprint density at radius 1 is 1.30 bits per heavy atom. The summed E-state index contributed by atoms with van der Waals surface area (Å²) in [7, 11) is 1.76. The van der Waals surface area contributed by atoms with Crippen LogP contribution in [0.4, 0.5) is 4.79 Å². The van der Waals surface area contributed by atoms with Crippen LogP contribution in [0.3, 0.4) is 0 Å². The number of ether oxygens (including phenoxy) is 1. The molecule has 6 nitrogen and oxygen atoms in total. The van der Waals surface area contributed by atoms with E-state index < -0.39 is 5.60 Å². The molecule has 0 fully saturated rings. The fraction of sp³-hybridized carbons (Fsp3) is 0.429. The third-order valence-corrected chi connectivity index (χ3v) is 3.90. The first kappa shape index (κ1) is 20.7. The summed E-state index contributed by atoms with van der Waals surface area (Å²) in [6.07, 6.45) is 6.08. The Labute approximate surface area is 161 Å². The van der Waals surface area contributed by atoms with Crippen molar-refractivity contribution in [2.24, 2.45) is 4.99 Å². The van der Waals surface area contributed by atoms with Gasteiger partial charge in [0.25, 0.3) is 0 Å². The van der Waals surface area contributed by atoms with Crippen LogP contribution in [0, 0.1) is 0 Å². The van der Waals surface area contributed by atoms with E-state index in [2.05, 4.69) is 10.5 Å². The van der Waals surface area contributed by atoms with Crippen molar-refractivity contribution in [3.63, 3.8) is 0 Å². The van der Waals surface area contributed by atoms with Crippen molar-refractivity contribution in [1.29, 1.82) is 0 Å². The third-order valence-electron chi connectivity index (χ3n) is 3.90. The molecule has 0 radical (unpaired) electrons. The zero-order chi connectivity index (χ0) is 19.7. The highest BCUT2D eigenvalue weighted by atomic mass is 16.6. The Morgan fingerprint density at radius 3 is 2.63 bits per heavy atom. The van der Waals surface area contributed by atoms with Gasteiger partial charge in [-0.2, -0.15) is 0 Å². The number of hydrogen-bond donors (Lipinski definition) is 1. The summed E-state index contributed by atoms with van der Waals surface area (Å²) in [6, 6.07) is 9.95. The first-order valence-electron chi connectivity index (χ1n) is 9.11. The van der Waals surface area contributed by atoms with Crippen molar-refractivity contribution >= 4 is 11.8 Å². The normalized spacial score (nSPS) is 15.6. The predicted molar refractivity (Wildman–Crippen MR) is 107 cm³/mol. The van der Waals surface area contributed by atoms with Crippen molar-refractivity contribution < 1.29 is 14.4 Å². The summed E-state index contributed by atoms with van der Waals surface area (Å²) < 4.78 is 5.41. The lowest BCUT2D eigenvalue weighted by atomic mass is 10.0. The van der Waals surface area contributed by atoms with Gasteiger partial charge in [-0.05, 0) is 44.4 Å². The number of benzene rings is 1. The number of aliphatic imine (C=N–C) groups is 1. The van der Waals surface area contributed by atoms with Gasteiger partial charge in [-0.25, -0.2) is 4.79 Å². The lowest BCUT2D eigenvalue weighted by Crippen LogP contribution is -2.39. The molecule has 0 spiro atoms. The maximum Gasteiger partial charge on any atom is 0.410 e. The van der Waals surface area contributed by atoms with Crippen LogP contribution in [0.5, 0.6) is 0 Å². The summed E-state index contributed by atoms with van der Waals surface area (Å²) in [4.78, 5) is 23.6. The molecule has 6 heteroatoms. The van der Waals surface area contributed by atoms with Gasteiger partial charge in [0, 0.05) is 26.3 Å². The number of allylic oxidation sites excluding steroid dienone is 1. The second-order valence-electron chi connectivity index (χ2n) is 7.24. The lowest BCUT2D eigenvalue weighted by molar-refractivity contribution is 0.0267. The van der Waals surface area contributed by atoms with Crippen LogP contribution < -0.4 is 5.48 Å². The number of nitrogens with zero attached hydrogens (tertiary/aromatic N) is 2. The molecule has 1 N–H and O–H groups in total. The Balaban J connectivity index is 1.81. The molecule has 1 aromatic rings. The summed E-state index contributed by atoms with van der Waals surface area (Å²) in [5.74, 6) is 0. The van der Waals surface area contributed by atoms with Gasteiger partial charge in [-0.15, -0.1) is 0 Å². The molecule has 0 saturated heterocycles. The maximum absolute atomic E-state index is 12.1. The highest BCUT2D eigenvalue weighted by Crippen LogP contribution is 2.17. The van der Waals surface area contributed by atoms with Gasteiger partial charge in [-0.1, -0.05) is 36.4 Å². The first-order valence-corrected chi connectivity index (χ1v) is 9.11. The van der Waals surface area contributed by atoms with E-state index in [9.17, 15) is 4.79 Å². The minimum Gasteiger partial charge on any atom is -0.444 e. The zero-order valence-electron chi connectivity index (χ0n) is 16.6. The number of nitrogens with one attached hydrogen (secondary N) is 1. The van der Waals surface area contributed by atoms with E-state index in [1.54, 1.807) is 18.1 Å². The second kappa shape index (κ2) is 9.92. The molecule has 1 amide bonds. The van der Waals surface area contributed by atoms with Crippen molar-refractivity contribution in [2.75, 3.05) is 20.1 Å². The van der Waals surface area contributed by atoms with Gasteiger partial charge in [-0.3, -0.25) is 15.3 Å². The van der Waals surface area contributed by atoms with E-state index in [4.69, 9.17) is 9.57 Å². The van der Waals surface area contributed by atoms with Crippen LogP contribution in [-0.4, -0.2) is 42.4 Å². The topological polar surface area (TPSA) is 63.2 Å². The maximum atomic E-state index is 12.1. The zero-order valence-corrected chi connectivity index (χ0v) is 16.6. The van der Waals surface area contributed by atoms with Crippen LogP contribution in [0.15, 0.2) is 59.2 Å². The fourth-order valence-electron chi connectivity index (χ4n) is 2.58. The quantitative estimate of drug-likeness (QED) is 0.469. The van der Waals surface area contributed by atoms with Gasteiger partial charge in [0.15, 0.2) is 0 Å². The van der Waals surface area contributed by atoms with Crippen molar-refractivity contribution in [1.82, 2.24) is 10.4 Å². The largest absolute Gasteiger partial charge is 0.444 e. The van der Waals surface area contributed by atoms with E-state index in [0.717, 1.165) is 23.3 Å². The standard InChI is InChI=1S/C21H29N3O3/c1-21(2,3)27-20(25)24-14-11-18(12-15-24)19(22-4)10-13-23-26-16-17-8-6-5-7-9-17/h5-11,13,23H,12,14-16H2,1-4H3/b13-10-,22-19?. The number of rotatable bonds is 6. The summed E-state index contributed by atoms with van der Waals surface area (Å²) in [6.45, 7) is 7.23. The molecule has 0 aromatic heterocycles. The first-order chi connectivity index (χ1) is 12.9. The van der Waals surface area contributed by atoms with E-state index >= 15 is 0 Å². The van der Waals surface area contributed by atoms with Gasteiger partial charge in [0.1, 0.15) is 5.60 Å². The molecule has 1 aromatic carbocycles. The molecular weight excluding hydrogens is 342 g/mol. The predicted octanol–water partition coefficient (Wildman–Crippen LogP) is 3.86. The molecule has 0 unspecified atom stereocenters. The Kier molecular flexibility index (Phi) is 7.61. The Morgan fingerprint density at radius 2 is 2.04 bits per heavy atom. The Hall–Kier alpha value is -2.60. The molecule has 1 aliphatic rings. The van der Waals surface area contributed by atoms with Gasteiger partial charge < -0.3 is 9.64 Å². The van der Waals surface area contributed by atoms with Crippen LogP contribution in [0.1, 0.15) is 32.8 Å². The van der Waals surface area contributed by atoms with Crippen LogP contribution in [-0.2, 0) is 16.2 Å². The van der Waals surface area contributed by atoms with Crippen LogP contribution in [0.2, 0.25) is 0 Å². The molecule has 0 atom stereocenters. The number of hydroxylamine groups is 1. The van der Waals surface area contributed by atoms with E-state index in [0.29, 0.717) is 19.7 Å². The lowest BCUT2D eigenvalue weighted by Gasteiger charge is -2.29. The average molecular weight is 371 g/mol. The number of hydrogen-bond acceptors (Lipinski definition) is 5. The molecular formula is C21H29N3O3. The highest BCUT2D eigenvalue weighted by molar-refractivity contribution is 6.08. The molecule has 0 saturated carbocycles. The molecule has 1 aliphatic heterocycles. The fourth-order valence-corrected chi connectivity index (χ4v) is 2.58. The monoisotopic (exact) mass is 371 g/mol. The van der Waals surface area contributed by atoms with Gasteiger partial charge >= 0.3 is 6.09 Å². The average Bonchev–Trinajstić information content (AvgIpc) is 2.64. The van der Waals surface area contributed by atoms with E-state index in [1.165, 1.54) is 0 Å². The Bertz CT molecular complexity index is 703. The molecule has 146 valence electrons. The van der Waals surface area contributed by atoms with Crippen LogP contribution in [0.25, 0.3) is 0 Å². The van der Waals surface area contributed by atoms with Gasteiger partial charge in [0.2, 0.25) is 0 Å². The number of carbonyl (C=O) groups is 1. The highest BCUT2D eigenvalue weighted by Gasteiger charge is 2.24. The number of amides is 1. The molecule has 0 bridgehead atoms. The van der Waals surface area contributed by atoms with Crippen molar-refractivity contribution in [2.45, 2.75) is 39.4 Å². The van der Waals surface area contributed by atoms with E-state index in [-0.39, 0.29) is 6.09 Å². The van der Waals surface area contributed by atoms with Gasteiger partial charge in [0.05, 0.1) is 12.3 Å². The second-order valence-corrected chi connectivity index (χ2v) is 7.24. The summed E-state index contributed by atoms with van der Waals surface area (Å²) in [5.41, 5.74) is 5.41. The minimum atomic E-state index is -0.481. The molecule has 2 rings (SSSR count). The summed E-state index contributed by atoms with van der Waals surface area (Å²) in [5, 5.41) is 0. The van der Waals surface area contributed by atoms with Crippen molar-refractivity contribution in [3.05, 3.63) is 59.8 Å². The number of carbonyl (C=O) groups excluding carboxylic acids is 1. The molecule has 1 heterocycles. The van der Waals surface area contributed by atoms with Crippen molar-refractivity contribution in [3.8, 4) is 0 Å². The molecule has 0 aliphatic carbocycles. The third kappa shape index (κ3) is 7.27. The minimum absolute atomic E-state index is 0.278. The SMILES string of the molecule is CN=C(/C=C\NOCc1ccccc1)C1=CCN(C(=O)OC(C)(C)C)CC1. The smallest absolute Gasteiger partial charge is 0.410 e. The summed E-state index contributed by atoms with van der Waals surface area (Å²) >= 11 is 0. The van der Waals surface area contributed by atoms with Crippen LogP contribution >= 0.6 is 0 Å².